The van der Waals surface area contributed by atoms with E-state index in [1.807, 2.05) is 43.3 Å². The largest absolute Gasteiger partial charge is 0.512 e. The van der Waals surface area contributed by atoms with Gasteiger partial charge in [0, 0.05) is 6.42 Å². The first-order chi connectivity index (χ1) is 16.3. The minimum atomic E-state index is -4.10. The normalized spacial score (nSPS) is 19.1. The van der Waals surface area contributed by atoms with E-state index >= 15 is 0 Å². The Bertz CT molecular complexity index is 1290. The second-order valence-electron chi connectivity index (χ2n) is 8.17. The highest BCUT2D eigenvalue weighted by molar-refractivity contribution is 7.89. The van der Waals surface area contributed by atoms with E-state index in [4.69, 9.17) is 4.74 Å². The van der Waals surface area contributed by atoms with Crippen molar-refractivity contribution in [3.05, 3.63) is 113 Å². The number of ether oxygens (including phenoxy) is 1. The van der Waals surface area contributed by atoms with Gasteiger partial charge in [-0.2, -0.15) is 4.31 Å². The van der Waals surface area contributed by atoms with Gasteiger partial charge in [0.1, 0.15) is 5.76 Å². The summed E-state index contributed by atoms with van der Waals surface area (Å²) in [5.74, 6) is -0.902. The van der Waals surface area contributed by atoms with Crippen molar-refractivity contribution in [2.75, 3.05) is 6.61 Å². The molecule has 0 aromatic heterocycles. The zero-order chi connectivity index (χ0) is 24.3. The molecular formula is C27H27NO5S. The Balaban J connectivity index is 1.99. The maximum atomic E-state index is 14.2. The van der Waals surface area contributed by atoms with Crippen LogP contribution in [0.4, 0.5) is 0 Å². The molecule has 4 rings (SSSR count). The van der Waals surface area contributed by atoms with E-state index in [9.17, 15) is 18.3 Å². The summed E-state index contributed by atoms with van der Waals surface area (Å²) in [6.07, 6.45) is -0.0490. The van der Waals surface area contributed by atoms with E-state index in [-0.39, 0.29) is 29.3 Å². The van der Waals surface area contributed by atoms with E-state index < -0.39 is 28.1 Å². The SMILES string of the molecule is CCOC(=O)C1=C(O)C[C@H](c2ccccc2)N(S(=O)(=O)c2ccc(C)cc2)[C@@H]1c1ccccc1. The van der Waals surface area contributed by atoms with Crippen molar-refractivity contribution >= 4 is 16.0 Å². The van der Waals surface area contributed by atoms with Gasteiger partial charge in [0.15, 0.2) is 0 Å². The van der Waals surface area contributed by atoms with Crippen molar-refractivity contribution in [2.24, 2.45) is 0 Å². The van der Waals surface area contributed by atoms with Gasteiger partial charge in [-0.1, -0.05) is 78.4 Å². The number of benzene rings is 3. The summed E-state index contributed by atoms with van der Waals surface area (Å²) in [5.41, 5.74) is 2.15. The van der Waals surface area contributed by atoms with Gasteiger partial charge in [-0.3, -0.25) is 0 Å². The first-order valence-corrected chi connectivity index (χ1v) is 12.6. The summed E-state index contributed by atoms with van der Waals surface area (Å²) in [6, 6.07) is 22.8. The van der Waals surface area contributed by atoms with Crippen molar-refractivity contribution < 1.29 is 23.1 Å². The number of sulfonamides is 1. The molecule has 0 saturated heterocycles. The van der Waals surface area contributed by atoms with Crippen LogP contribution in [0.3, 0.4) is 0 Å². The lowest BCUT2D eigenvalue weighted by atomic mass is 9.88. The van der Waals surface area contributed by atoms with E-state index in [2.05, 4.69) is 0 Å². The van der Waals surface area contributed by atoms with Crippen LogP contribution in [0.2, 0.25) is 0 Å². The molecule has 0 amide bonds. The molecule has 1 aliphatic heterocycles. The first kappa shape index (κ1) is 23.7. The minimum Gasteiger partial charge on any atom is -0.512 e. The molecule has 3 aromatic carbocycles. The molecule has 0 fully saturated rings. The minimum absolute atomic E-state index is 0.0490. The number of aliphatic hydroxyl groups excluding tert-OH is 1. The molecule has 0 radical (unpaired) electrons. The lowest BCUT2D eigenvalue weighted by molar-refractivity contribution is -0.139. The van der Waals surface area contributed by atoms with Gasteiger partial charge < -0.3 is 9.84 Å². The number of esters is 1. The van der Waals surface area contributed by atoms with Gasteiger partial charge in [0.25, 0.3) is 0 Å². The molecule has 7 heteroatoms. The predicted molar refractivity (Wildman–Crippen MR) is 129 cm³/mol. The van der Waals surface area contributed by atoms with Crippen LogP contribution < -0.4 is 0 Å². The van der Waals surface area contributed by atoms with Crippen LogP contribution in [0, 0.1) is 6.92 Å². The van der Waals surface area contributed by atoms with E-state index in [0.29, 0.717) is 11.1 Å². The molecule has 0 saturated carbocycles. The highest BCUT2D eigenvalue weighted by Gasteiger charge is 2.47. The zero-order valence-electron chi connectivity index (χ0n) is 19.1. The molecule has 3 aromatic rings. The van der Waals surface area contributed by atoms with Crippen LogP contribution in [0.25, 0.3) is 0 Å². The number of carbonyl (C=O) groups is 1. The monoisotopic (exact) mass is 477 g/mol. The number of rotatable bonds is 6. The van der Waals surface area contributed by atoms with Crippen LogP contribution >= 0.6 is 0 Å². The standard InChI is InChI=1S/C27H27NO5S/c1-3-33-27(30)25-24(29)18-23(20-10-6-4-7-11-20)28(26(25)21-12-8-5-9-13-21)34(31,32)22-16-14-19(2)15-17-22/h4-17,23,26,29H,3,18H2,1-2H3/t23-,26-/m1/s1. The molecule has 0 unspecified atom stereocenters. The second kappa shape index (κ2) is 9.83. The number of aliphatic hydroxyl groups is 1. The average molecular weight is 478 g/mol. The maximum absolute atomic E-state index is 14.2. The van der Waals surface area contributed by atoms with Gasteiger partial charge in [-0.25, -0.2) is 13.2 Å². The number of carbonyl (C=O) groups excluding carboxylic acids is 1. The van der Waals surface area contributed by atoms with E-state index in [1.165, 1.54) is 4.31 Å². The fourth-order valence-corrected chi connectivity index (χ4v) is 6.07. The van der Waals surface area contributed by atoms with Crippen LogP contribution in [0.1, 0.15) is 42.1 Å². The Morgan fingerprint density at radius 1 is 0.941 bits per heavy atom. The molecule has 6 nitrogen and oxygen atoms in total. The lowest BCUT2D eigenvalue weighted by Crippen LogP contribution is -2.44. The predicted octanol–water partition coefficient (Wildman–Crippen LogP) is 5.25. The van der Waals surface area contributed by atoms with Gasteiger partial charge in [-0.15, -0.1) is 0 Å². The fraction of sp³-hybridized carbons (Fsp3) is 0.222. The topological polar surface area (TPSA) is 83.9 Å². The van der Waals surface area contributed by atoms with E-state index in [1.54, 1.807) is 55.5 Å². The Hall–Kier alpha value is -3.42. The molecule has 176 valence electrons. The molecule has 1 aliphatic rings. The van der Waals surface area contributed by atoms with Crippen molar-refractivity contribution in [1.29, 1.82) is 0 Å². The zero-order valence-corrected chi connectivity index (χ0v) is 19.9. The molecule has 1 N–H and O–H groups in total. The molecule has 2 atom stereocenters. The molecule has 0 spiro atoms. The van der Waals surface area contributed by atoms with Gasteiger partial charge in [0.05, 0.1) is 29.2 Å². The average Bonchev–Trinajstić information content (AvgIpc) is 2.84. The summed E-state index contributed by atoms with van der Waals surface area (Å²) in [7, 11) is -4.10. The fourth-order valence-electron chi connectivity index (χ4n) is 4.31. The quantitative estimate of drug-likeness (QED) is 0.491. The van der Waals surface area contributed by atoms with Crippen molar-refractivity contribution in [1.82, 2.24) is 4.31 Å². The number of aryl methyl sites for hydroxylation is 1. The summed E-state index contributed by atoms with van der Waals surface area (Å²) in [6.45, 7) is 3.66. The third-order valence-electron chi connectivity index (χ3n) is 5.92. The van der Waals surface area contributed by atoms with Crippen LogP contribution in [-0.2, 0) is 19.6 Å². The Kier molecular flexibility index (Phi) is 6.86. The number of hydrogen-bond donors (Lipinski definition) is 1. The summed E-state index contributed by atoms with van der Waals surface area (Å²) < 4.78 is 34.9. The first-order valence-electron chi connectivity index (χ1n) is 11.1. The molecular weight excluding hydrogens is 450 g/mol. The van der Waals surface area contributed by atoms with Crippen molar-refractivity contribution in [3.63, 3.8) is 0 Å². The van der Waals surface area contributed by atoms with Crippen LogP contribution in [0.5, 0.6) is 0 Å². The molecule has 1 heterocycles. The number of nitrogens with zero attached hydrogens (tertiary/aromatic N) is 1. The van der Waals surface area contributed by atoms with Gasteiger partial charge >= 0.3 is 5.97 Å². The Morgan fingerprint density at radius 3 is 2.06 bits per heavy atom. The molecule has 34 heavy (non-hydrogen) atoms. The molecule has 0 aliphatic carbocycles. The Morgan fingerprint density at radius 2 is 1.50 bits per heavy atom. The third kappa shape index (κ3) is 4.49. The lowest BCUT2D eigenvalue weighted by Gasteiger charge is -2.41. The highest BCUT2D eigenvalue weighted by Crippen LogP contribution is 2.47. The smallest absolute Gasteiger partial charge is 0.339 e. The summed E-state index contributed by atoms with van der Waals surface area (Å²) >= 11 is 0. The van der Waals surface area contributed by atoms with Crippen LogP contribution in [-0.4, -0.2) is 30.4 Å². The summed E-state index contributed by atoms with van der Waals surface area (Å²) in [5, 5.41) is 11.1. The van der Waals surface area contributed by atoms with Gasteiger partial charge in [-0.05, 0) is 37.1 Å². The highest BCUT2D eigenvalue weighted by atomic mass is 32.2. The Labute approximate surface area is 200 Å². The van der Waals surface area contributed by atoms with Crippen molar-refractivity contribution in [3.8, 4) is 0 Å². The van der Waals surface area contributed by atoms with Gasteiger partial charge in [0.2, 0.25) is 10.0 Å². The maximum Gasteiger partial charge on any atom is 0.339 e. The number of hydrogen-bond acceptors (Lipinski definition) is 5. The van der Waals surface area contributed by atoms with Crippen LogP contribution in [0.15, 0.2) is 101 Å². The molecule has 0 bridgehead atoms. The second-order valence-corrected chi connectivity index (χ2v) is 10.0. The summed E-state index contributed by atoms with van der Waals surface area (Å²) in [4.78, 5) is 13.1. The van der Waals surface area contributed by atoms with E-state index in [0.717, 1.165) is 5.56 Å². The van der Waals surface area contributed by atoms with Crippen molar-refractivity contribution in [2.45, 2.75) is 37.2 Å². The third-order valence-corrected chi connectivity index (χ3v) is 7.81.